The molecule has 0 spiro atoms. The summed E-state index contributed by atoms with van der Waals surface area (Å²) < 4.78 is 28.8. The number of fused-ring (bicyclic) bond motifs is 1. The highest BCUT2D eigenvalue weighted by Crippen LogP contribution is 2.33. The number of hydrogen-bond acceptors (Lipinski definition) is 4. The molecular weight excluding hydrogens is 371 g/mol. The minimum Gasteiger partial charge on any atom is -0.268 e. The van der Waals surface area contributed by atoms with Gasteiger partial charge in [-0.15, -0.1) is 10.2 Å². The predicted octanol–water partition coefficient (Wildman–Crippen LogP) is 3.49. The number of anilines is 1. The number of aromatic nitrogens is 3. The molecule has 0 aliphatic heterocycles. The monoisotopic (exact) mass is 376 g/mol. The van der Waals surface area contributed by atoms with Gasteiger partial charge in [-0.25, -0.2) is 13.1 Å². The standard InChI is InChI=1S/C12H7Cl3N4O2S/c13-7-5-8(14)11(9(15)6-7)22(20,21)18-12-17-16-10-3-1-2-4-19(10)12/h1-6H,(H,17,18). The van der Waals surface area contributed by atoms with Gasteiger partial charge in [0.2, 0.25) is 5.95 Å². The largest absolute Gasteiger partial charge is 0.268 e. The van der Waals surface area contributed by atoms with Crippen LogP contribution in [0.1, 0.15) is 0 Å². The van der Waals surface area contributed by atoms with Gasteiger partial charge in [0.25, 0.3) is 10.0 Å². The van der Waals surface area contributed by atoms with Crippen LogP contribution in [0.15, 0.2) is 41.4 Å². The molecule has 0 amide bonds. The average Bonchev–Trinajstić information content (AvgIpc) is 2.80. The van der Waals surface area contributed by atoms with Crippen LogP contribution >= 0.6 is 34.8 Å². The Labute approximate surface area is 140 Å². The molecule has 22 heavy (non-hydrogen) atoms. The molecular formula is C12H7Cl3N4O2S. The molecule has 2 aromatic heterocycles. The molecule has 3 rings (SSSR count). The second kappa shape index (κ2) is 5.58. The normalized spacial score (nSPS) is 11.8. The molecule has 0 unspecified atom stereocenters. The summed E-state index contributed by atoms with van der Waals surface area (Å²) in [5.74, 6) is 0.0256. The highest BCUT2D eigenvalue weighted by atomic mass is 35.5. The van der Waals surface area contributed by atoms with Crippen molar-refractivity contribution in [1.29, 1.82) is 0 Å². The summed E-state index contributed by atoms with van der Waals surface area (Å²) in [6.45, 7) is 0. The van der Waals surface area contributed by atoms with Crippen molar-refractivity contribution in [3.05, 3.63) is 51.6 Å². The molecule has 10 heteroatoms. The Bertz CT molecular complexity index is 948. The zero-order valence-corrected chi connectivity index (χ0v) is 13.7. The van der Waals surface area contributed by atoms with Crippen LogP contribution < -0.4 is 4.72 Å². The summed E-state index contributed by atoms with van der Waals surface area (Å²) >= 11 is 17.7. The molecule has 0 saturated heterocycles. The quantitative estimate of drug-likeness (QED) is 0.758. The lowest BCUT2D eigenvalue weighted by Gasteiger charge is -2.10. The average molecular weight is 378 g/mol. The zero-order chi connectivity index (χ0) is 15.9. The first-order valence-electron chi connectivity index (χ1n) is 5.85. The lowest BCUT2D eigenvalue weighted by Crippen LogP contribution is -2.16. The lowest BCUT2D eigenvalue weighted by molar-refractivity contribution is 0.601. The van der Waals surface area contributed by atoms with E-state index < -0.39 is 10.0 Å². The zero-order valence-electron chi connectivity index (χ0n) is 10.7. The summed E-state index contributed by atoms with van der Waals surface area (Å²) in [7, 11) is -4.05. The summed E-state index contributed by atoms with van der Waals surface area (Å²) in [5.41, 5.74) is 0.494. The third kappa shape index (κ3) is 2.72. The van der Waals surface area contributed by atoms with Gasteiger partial charge in [-0.1, -0.05) is 40.9 Å². The van der Waals surface area contributed by atoms with Gasteiger partial charge in [-0.05, 0) is 24.3 Å². The second-order valence-electron chi connectivity index (χ2n) is 4.26. The van der Waals surface area contributed by atoms with E-state index in [1.807, 2.05) is 0 Å². The van der Waals surface area contributed by atoms with Gasteiger partial charge in [0, 0.05) is 11.2 Å². The third-order valence-electron chi connectivity index (χ3n) is 2.77. The van der Waals surface area contributed by atoms with Gasteiger partial charge >= 0.3 is 0 Å². The van der Waals surface area contributed by atoms with E-state index in [0.717, 1.165) is 0 Å². The number of benzene rings is 1. The summed E-state index contributed by atoms with van der Waals surface area (Å²) in [6.07, 6.45) is 1.62. The van der Waals surface area contributed by atoms with Crippen LogP contribution in [0.4, 0.5) is 5.95 Å². The number of pyridine rings is 1. The summed E-state index contributed by atoms with van der Waals surface area (Å²) in [5, 5.41) is 7.72. The Hall–Kier alpha value is -1.54. The molecule has 3 aromatic rings. The topological polar surface area (TPSA) is 76.4 Å². The van der Waals surface area contributed by atoms with Gasteiger partial charge in [0.15, 0.2) is 5.65 Å². The van der Waals surface area contributed by atoms with Crippen molar-refractivity contribution in [1.82, 2.24) is 14.6 Å². The first-order valence-corrected chi connectivity index (χ1v) is 8.47. The maximum absolute atomic E-state index is 12.5. The fourth-order valence-corrected chi connectivity index (χ4v) is 4.41. The van der Waals surface area contributed by atoms with Crippen LogP contribution in [0.5, 0.6) is 0 Å². The molecule has 0 aliphatic rings. The van der Waals surface area contributed by atoms with E-state index in [1.54, 1.807) is 24.4 Å². The molecule has 6 nitrogen and oxygen atoms in total. The molecule has 1 N–H and O–H groups in total. The third-order valence-corrected chi connectivity index (χ3v) is 5.24. The Balaban J connectivity index is 2.08. The van der Waals surface area contributed by atoms with Crippen LogP contribution in [0.25, 0.3) is 5.65 Å². The number of nitrogens with zero attached hydrogens (tertiary/aromatic N) is 3. The smallest absolute Gasteiger partial charge is 0.267 e. The Morgan fingerprint density at radius 3 is 2.41 bits per heavy atom. The lowest BCUT2D eigenvalue weighted by atomic mass is 10.4. The molecule has 0 fully saturated rings. The van der Waals surface area contributed by atoms with Gasteiger partial charge in [0.1, 0.15) is 4.90 Å². The molecule has 0 aliphatic carbocycles. The summed E-state index contributed by atoms with van der Waals surface area (Å²) in [4.78, 5) is -0.270. The van der Waals surface area contributed by atoms with Gasteiger partial charge in [-0.3, -0.25) is 4.40 Å². The van der Waals surface area contributed by atoms with Gasteiger partial charge < -0.3 is 0 Å². The minimum atomic E-state index is -4.05. The van der Waals surface area contributed by atoms with E-state index in [-0.39, 0.29) is 25.9 Å². The van der Waals surface area contributed by atoms with Crippen molar-refractivity contribution < 1.29 is 8.42 Å². The van der Waals surface area contributed by atoms with Crippen LogP contribution in [0.2, 0.25) is 15.1 Å². The molecule has 1 aromatic carbocycles. The van der Waals surface area contributed by atoms with Crippen molar-refractivity contribution in [3.8, 4) is 0 Å². The molecule has 114 valence electrons. The highest BCUT2D eigenvalue weighted by molar-refractivity contribution is 7.93. The van der Waals surface area contributed by atoms with E-state index in [0.29, 0.717) is 5.65 Å². The molecule has 0 atom stereocenters. The number of halogens is 3. The molecule has 2 heterocycles. The van der Waals surface area contributed by atoms with Gasteiger partial charge in [0.05, 0.1) is 10.0 Å². The predicted molar refractivity (Wildman–Crippen MR) is 85.3 cm³/mol. The maximum atomic E-state index is 12.5. The fourth-order valence-electron chi connectivity index (χ4n) is 1.87. The van der Waals surface area contributed by atoms with Crippen molar-refractivity contribution in [3.63, 3.8) is 0 Å². The van der Waals surface area contributed by atoms with Gasteiger partial charge in [-0.2, -0.15) is 0 Å². The number of rotatable bonds is 3. The molecule has 0 radical (unpaired) electrons. The van der Waals surface area contributed by atoms with Crippen molar-refractivity contribution >= 4 is 56.4 Å². The van der Waals surface area contributed by atoms with Crippen LogP contribution in [-0.4, -0.2) is 23.0 Å². The number of nitrogens with one attached hydrogen (secondary N) is 1. The van der Waals surface area contributed by atoms with E-state index in [2.05, 4.69) is 14.9 Å². The number of sulfonamides is 1. The van der Waals surface area contributed by atoms with E-state index >= 15 is 0 Å². The molecule has 0 bridgehead atoms. The SMILES string of the molecule is O=S(=O)(Nc1nnc2ccccn12)c1c(Cl)cc(Cl)cc1Cl. The summed E-state index contributed by atoms with van der Waals surface area (Å²) in [6, 6.07) is 7.76. The van der Waals surface area contributed by atoms with Crippen LogP contribution in [0, 0.1) is 0 Å². The first-order chi connectivity index (χ1) is 10.4. The van der Waals surface area contributed by atoms with Crippen LogP contribution in [0.3, 0.4) is 0 Å². The van der Waals surface area contributed by atoms with Crippen molar-refractivity contribution in [2.24, 2.45) is 0 Å². The van der Waals surface area contributed by atoms with Crippen molar-refractivity contribution in [2.75, 3.05) is 4.72 Å². The Kier molecular flexibility index (Phi) is 3.90. The van der Waals surface area contributed by atoms with E-state index in [4.69, 9.17) is 34.8 Å². The first kappa shape index (κ1) is 15.4. The van der Waals surface area contributed by atoms with Crippen LogP contribution in [-0.2, 0) is 10.0 Å². The van der Waals surface area contributed by atoms with E-state index in [9.17, 15) is 8.42 Å². The number of hydrogen-bond donors (Lipinski definition) is 1. The maximum Gasteiger partial charge on any atom is 0.267 e. The fraction of sp³-hybridized carbons (Fsp3) is 0. The highest BCUT2D eigenvalue weighted by Gasteiger charge is 2.24. The molecule has 0 saturated carbocycles. The minimum absolute atomic E-state index is 0.0256. The Morgan fingerprint density at radius 2 is 1.73 bits per heavy atom. The second-order valence-corrected chi connectivity index (χ2v) is 7.13. The van der Waals surface area contributed by atoms with E-state index in [1.165, 1.54) is 16.5 Å². The Morgan fingerprint density at radius 1 is 1.05 bits per heavy atom. The van der Waals surface area contributed by atoms with Crippen molar-refractivity contribution in [2.45, 2.75) is 4.90 Å².